The molecular weight excluding hydrogens is 289 g/mol. The summed E-state index contributed by atoms with van der Waals surface area (Å²) in [6, 6.07) is 2.49. The molecule has 0 aromatic heterocycles. The summed E-state index contributed by atoms with van der Waals surface area (Å²) in [6.45, 7) is 0.849. The van der Waals surface area contributed by atoms with Gasteiger partial charge >= 0.3 is 0 Å². The number of nitrogens with zero attached hydrogens (tertiary/aromatic N) is 2. The van der Waals surface area contributed by atoms with Gasteiger partial charge in [-0.05, 0) is 26.1 Å². The third-order valence-corrected chi connectivity index (χ3v) is 4.60. The van der Waals surface area contributed by atoms with Crippen LogP contribution in [-0.2, 0) is 10.0 Å². The number of non-ortho nitro benzene ring substituents is 1. The number of hydrogen-bond acceptors (Lipinski definition) is 5. The van der Waals surface area contributed by atoms with Crippen molar-refractivity contribution in [3.63, 3.8) is 0 Å². The second-order valence-corrected chi connectivity index (χ2v) is 6.17. The largest absolute Gasteiger partial charge is 0.320 e. The van der Waals surface area contributed by atoms with Crippen LogP contribution in [0.25, 0.3) is 0 Å². The van der Waals surface area contributed by atoms with Gasteiger partial charge in [-0.15, -0.1) is 0 Å². The minimum absolute atomic E-state index is 0.222. The van der Waals surface area contributed by atoms with Crippen LogP contribution >= 0.6 is 0 Å². The van der Waals surface area contributed by atoms with Gasteiger partial charge in [-0.25, -0.2) is 17.1 Å². The van der Waals surface area contributed by atoms with Crippen molar-refractivity contribution in [2.75, 3.05) is 27.2 Å². The molecule has 0 saturated carbocycles. The van der Waals surface area contributed by atoms with Crippen LogP contribution in [0.1, 0.15) is 6.42 Å². The van der Waals surface area contributed by atoms with E-state index in [4.69, 9.17) is 0 Å². The smallest absolute Gasteiger partial charge is 0.272 e. The first kappa shape index (κ1) is 16.5. The molecule has 0 heterocycles. The van der Waals surface area contributed by atoms with E-state index in [0.717, 1.165) is 16.4 Å². The highest BCUT2D eigenvalue weighted by atomic mass is 32.2. The molecule has 0 radical (unpaired) electrons. The van der Waals surface area contributed by atoms with Crippen LogP contribution in [0.5, 0.6) is 0 Å². The summed E-state index contributed by atoms with van der Waals surface area (Å²) in [4.78, 5) is 9.15. The summed E-state index contributed by atoms with van der Waals surface area (Å²) in [5.74, 6) is -1.13. The minimum atomic E-state index is -3.98. The van der Waals surface area contributed by atoms with Crippen LogP contribution in [0.15, 0.2) is 23.1 Å². The number of sulfonamides is 1. The normalized spacial score (nSPS) is 11.8. The van der Waals surface area contributed by atoms with Crippen LogP contribution in [0.4, 0.5) is 10.1 Å². The van der Waals surface area contributed by atoms with Gasteiger partial charge in [0, 0.05) is 19.7 Å². The average molecular weight is 305 g/mol. The van der Waals surface area contributed by atoms with E-state index in [2.05, 4.69) is 5.32 Å². The van der Waals surface area contributed by atoms with Crippen LogP contribution < -0.4 is 5.32 Å². The van der Waals surface area contributed by atoms with Gasteiger partial charge in [0.15, 0.2) is 0 Å². The van der Waals surface area contributed by atoms with E-state index < -0.39 is 31.3 Å². The topological polar surface area (TPSA) is 92.6 Å². The molecule has 0 spiro atoms. The van der Waals surface area contributed by atoms with Crippen molar-refractivity contribution < 1.29 is 17.7 Å². The molecule has 0 aliphatic heterocycles. The van der Waals surface area contributed by atoms with Gasteiger partial charge in [0.05, 0.1) is 11.0 Å². The molecule has 0 bridgehead atoms. The number of rotatable bonds is 7. The molecule has 7 nitrogen and oxygen atoms in total. The van der Waals surface area contributed by atoms with Gasteiger partial charge in [0.25, 0.3) is 5.69 Å². The third kappa shape index (κ3) is 3.71. The Kier molecular flexibility index (Phi) is 5.54. The molecule has 1 N–H and O–H groups in total. The number of nitro benzene ring substituents is 1. The molecule has 0 atom stereocenters. The second-order valence-electron chi connectivity index (χ2n) is 4.16. The summed E-state index contributed by atoms with van der Waals surface area (Å²) in [7, 11) is -0.905. The zero-order valence-electron chi connectivity index (χ0n) is 11.2. The van der Waals surface area contributed by atoms with E-state index >= 15 is 0 Å². The standard InChI is InChI=1S/C11H16FN3O4S/c1-13-6-3-7-14(2)20(18,19)11-5-4-9(15(16)17)8-10(11)12/h4-5,8,13H,3,6-7H2,1-2H3. The lowest BCUT2D eigenvalue weighted by Crippen LogP contribution is -2.30. The molecule has 112 valence electrons. The summed E-state index contributed by atoms with van der Waals surface area (Å²) < 4.78 is 39.0. The van der Waals surface area contributed by atoms with Crippen molar-refractivity contribution in [2.24, 2.45) is 0 Å². The number of halogens is 1. The first-order chi connectivity index (χ1) is 9.30. The van der Waals surface area contributed by atoms with E-state index in [0.29, 0.717) is 19.0 Å². The Morgan fingerprint density at radius 3 is 2.60 bits per heavy atom. The molecule has 0 aliphatic carbocycles. The van der Waals surface area contributed by atoms with Crippen LogP contribution in [0.2, 0.25) is 0 Å². The Balaban J connectivity index is 3.00. The Morgan fingerprint density at radius 1 is 1.45 bits per heavy atom. The van der Waals surface area contributed by atoms with Crippen molar-refractivity contribution >= 4 is 15.7 Å². The maximum Gasteiger partial charge on any atom is 0.272 e. The second kappa shape index (κ2) is 6.73. The molecular formula is C11H16FN3O4S. The number of nitrogens with one attached hydrogen (secondary N) is 1. The Hall–Kier alpha value is -1.58. The molecule has 0 aliphatic rings. The quantitative estimate of drug-likeness (QED) is 0.460. The maximum atomic E-state index is 13.7. The van der Waals surface area contributed by atoms with E-state index in [1.165, 1.54) is 7.05 Å². The van der Waals surface area contributed by atoms with E-state index in [1.807, 2.05) is 0 Å². The van der Waals surface area contributed by atoms with Gasteiger partial charge in [-0.3, -0.25) is 10.1 Å². The summed E-state index contributed by atoms with van der Waals surface area (Å²) in [6.07, 6.45) is 0.570. The van der Waals surface area contributed by atoms with Crippen molar-refractivity contribution in [1.29, 1.82) is 0 Å². The lowest BCUT2D eigenvalue weighted by molar-refractivity contribution is -0.385. The molecule has 20 heavy (non-hydrogen) atoms. The monoisotopic (exact) mass is 305 g/mol. The van der Waals surface area contributed by atoms with Crippen LogP contribution in [-0.4, -0.2) is 44.8 Å². The molecule has 1 rings (SSSR count). The van der Waals surface area contributed by atoms with Gasteiger partial charge in [-0.2, -0.15) is 0 Å². The zero-order chi connectivity index (χ0) is 15.3. The lowest BCUT2D eigenvalue weighted by Gasteiger charge is -2.17. The van der Waals surface area contributed by atoms with Crippen LogP contribution in [0.3, 0.4) is 0 Å². The molecule has 9 heteroatoms. The fraction of sp³-hybridized carbons (Fsp3) is 0.455. The van der Waals surface area contributed by atoms with Crippen molar-refractivity contribution in [2.45, 2.75) is 11.3 Å². The van der Waals surface area contributed by atoms with E-state index in [-0.39, 0.29) is 6.54 Å². The van der Waals surface area contributed by atoms with E-state index in [9.17, 15) is 22.9 Å². The van der Waals surface area contributed by atoms with E-state index in [1.54, 1.807) is 7.05 Å². The fourth-order valence-electron chi connectivity index (χ4n) is 1.58. The van der Waals surface area contributed by atoms with Gasteiger partial charge in [0.2, 0.25) is 10.0 Å². The molecule has 0 amide bonds. The van der Waals surface area contributed by atoms with Gasteiger partial charge < -0.3 is 5.32 Å². The summed E-state index contributed by atoms with van der Waals surface area (Å²) in [5.41, 5.74) is -0.487. The first-order valence-corrected chi connectivity index (χ1v) is 7.29. The SMILES string of the molecule is CNCCCN(C)S(=O)(=O)c1ccc([N+](=O)[O-])cc1F. The molecule has 0 unspecified atom stereocenters. The Labute approximate surface area is 116 Å². The highest BCUT2D eigenvalue weighted by Crippen LogP contribution is 2.22. The third-order valence-electron chi connectivity index (χ3n) is 2.71. The fourth-order valence-corrected chi connectivity index (χ4v) is 2.83. The zero-order valence-corrected chi connectivity index (χ0v) is 12.0. The highest BCUT2D eigenvalue weighted by Gasteiger charge is 2.25. The minimum Gasteiger partial charge on any atom is -0.320 e. The number of nitro groups is 1. The van der Waals surface area contributed by atoms with Gasteiger partial charge in [-0.1, -0.05) is 0 Å². The Morgan fingerprint density at radius 2 is 2.10 bits per heavy atom. The van der Waals surface area contributed by atoms with Crippen molar-refractivity contribution in [3.8, 4) is 0 Å². The molecule has 1 aromatic rings. The van der Waals surface area contributed by atoms with Gasteiger partial charge in [0.1, 0.15) is 10.7 Å². The predicted molar refractivity (Wildman–Crippen MR) is 71.4 cm³/mol. The van der Waals surface area contributed by atoms with Crippen molar-refractivity contribution in [1.82, 2.24) is 9.62 Å². The summed E-state index contributed by atoms with van der Waals surface area (Å²) >= 11 is 0. The number of benzene rings is 1. The predicted octanol–water partition coefficient (Wildman–Crippen LogP) is 0.964. The van der Waals surface area contributed by atoms with Crippen molar-refractivity contribution in [3.05, 3.63) is 34.1 Å². The Bertz CT molecular complexity index is 591. The molecule has 0 saturated heterocycles. The number of hydrogen-bond donors (Lipinski definition) is 1. The average Bonchev–Trinajstić information content (AvgIpc) is 2.38. The maximum absolute atomic E-state index is 13.7. The molecule has 1 aromatic carbocycles. The summed E-state index contributed by atoms with van der Waals surface area (Å²) in [5, 5.41) is 13.4. The highest BCUT2D eigenvalue weighted by molar-refractivity contribution is 7.89. The molecule has 0 fully saturated rings. The van der Waals surface area contributed by atoms with Crippen LogP contribution in [0, 0.1) is 15.9 Å². The first-order valence-electron chi connectivity index (χ1n) is 5.85. The lowest BCUT2D eigenvalue weighted by atomic mass is 10.3.